The fourth-order valence-electron chi connectivity index (χ4n) is 2.01. The van der Waals surface area contributed by atoms with Gasteiger partial charge in [0.05, 0.1) is 10.6 Å². The average molecular weight is 317 g/mol. The number of rotatable bonds is 5. The molecule has 2 rings (SSSR count). The predicted octanol–water partition coefficient (Wildman–Crippen LogP) is 5.51. The van der Waals surface area contributed by atoms with E-state index in [4.69, 9.17) is 11.6 Å². The van der Waals surface area contributed by atoms with E-state index in [1.54, 1.807) is 6.21 Å². The van der Waals surface area contributed by atoms with Gasteiger partial charge in [-0.1, -0.05) is 37.6 Å². The molecule has 0 aliphatic rings. The second-order valence-electron chi connectivity index (χ2n) is 5.12. The van der Waals surface area contributed by atoms with Crippen molar-refractivity contribution in [2.24, 2.45) is 4.99 Å². The highest BCUT2D eigenvalue weighted by molar-refractivity contribution is 6.33. The number of non-ortho nitro benzene ring substituents is 1. The van der Waals surface area contributed by atoms with Crippen LogP contribution in [-0.4, -0.2) is 11.1 Å². The van der Waals surface area contributed by atoms with Crippen molar-refractivity contribution in [2.45, 2.75) is 26.2 Å². The Kier molecular flexibility index (Phi) is 5.28. The minimum absolute atomic E-state index is 0.00188. The van der Waals surface area contributed by atoms with Gasteiger partial charge in [-0.25, -0.2) is 0 Å². The van der Waals surface area contributed by atoms with E-state index in [0.717, 1.165) is 12.1 Å². The molecule has 0 heterocycles. The zero-order chi connectivity index (χ0) is 16.1. The molecule has 1 atom stereocenters. The second kappa shape index (κ2) is 7.18. The van der Waals surface area contributed by atoms with E-state index in [-0.39, 0.29) is 5.69 Å². The van der Waals surface area contributed by atoms with Crippen molar-refractivity contribution >= 4 is 29.2 Å². The summed E-state index contributed by atoms with van der Waals surface area (Å²) >= 11 is 6.04. The quantitative estimate of drug-likeness (QED) is 0.414. The molecule has 0 aromatic heterocycles. The van der Waals surface area contributed by atoms with E-state index in [1.165, 1.54) is 23.8 Å². The highest BCUT2D eigenvalue weighted by Gasteiger charge is 2.08. The normalized spacial score (nSPS) is 12.5. The summed E-state index contributed by atoms with van der Waals surface area (Å²) in [6, 6.07) is 12.3. The number of aliphatic imine (C=N–C) groups is 1. The number of nitrogens with zero attached hydrogens (tertiary/aromatic N) is 2. The molecule has 0 aliphatic carbocycles. The van der Waals surface area contributed by atoms with E-state index in [0.29, 0.717) is 16.5 Å². The van der Waals surface area contributed by atoms with Gasteiger partial charge in [0.1, 0.15) is 0 Å². The average Bonchev–Trinajstić information content (AvgIpc) is 2.53. The van der Waals surface area contributed by atoms with Gasteiger partial charge in [-0.05, 0) is 36.1 Å². The van der Waals surface area contributed by atoms with Crippen LogP contribution in [0.25, 0.3) is 0 Å². The van der Waals surface area contributed by atoms with Crippen molar-refractivity contribution in [3.8, 4) is 0 Å². The number of nitro groups is 1. The second-order valence-corrected chi connectivity index (χ2v) is 5.53. The molecule has 0 bridgehead atoms. The standard InChI is InChI=1S/C17H17ClN2O2/c1-3-12(2)13-4-6-15(7-5-13)19-11-14-10-16(20(21)22)8-9-17(14)18/h4-12H,3H2,1-2H3/t12-/m1/s1. The maximum absolute atomic E-state index is 10.8. The molecule has 0 aliphatic heterocycles. The van der Waals surface area contributed by atoms with Gasteiger partial charge < -0.3 is 0 Å². The number of halogens is 1. The topological polar surface area (TPSA) is 55.5 Å². The van der Waals surface area contributed by atoms with Crippen molar-refractivity contribution in [1.29, 1.82) is 0 Å². The summed E-state index contributed by atoms with van der Waals surface area (Å²) in [5.74, 6) is 0.518. The zero-order valence-electron chi connectivity index (χ0n) is 12.5. The molecule has 2 aromatic carbocycles. The molecule has 0 saturated carbocycles. The molecule has 0 spiro atoms. The lowest BCUT2D eigenvalue weighted by Crippen LogP contribution is -1.91. The van der Waals surface area contributed by atoms with Crippen molar-refractivity contribution in [3.63, 3.8) is 0 Å². The molecule has 0 N–H and O–H groups in total. The third-order valence-electron chi connectivity index (χ3n) is 3.62. The minimum Gasteiger partial charge on any atom is -0.258 e. The van der Waals surface area contributed by atoms with Gasteiger partial charge >= 0.3 is 0 Å². The summed E-state index contributed by atoms with van der Waals surface area (Å²) < 4.78 is 0. The Morgan fingerprint density at radius 3 is 2.55 bits per heavy atom. The van der Waals surface area contributed by atoms with Gasteiger partial charge in [0.2, 0.25) is 0 Å². The molecule has 22 heavy (non-hydrogen) atoms. The van der Waals surface area contributed by atoms with Crippen LogP contribution >= 0.6 is 11.6 Å². The molecular formula is C17H17ClN2O2. The van der Waals surface area contributed by atoms with E-state index in [9.17, 15) is 10.1 Å². The lowest BCUT2D eigenvalue weighted by molar-refractivity contribution is -0.384. The third-order valence-corrected chi connectivity index (χ3v) is 3.96. The molecule has 4 nitrogen and oxygen atoms in total. The van der Waals surface area contributed by atoms with Gasteiger partial charge in [-0.3, -0.25) is 15.1 Å². The molecular weight excluding hydrogens is 300 g/mol. The Labute approximate surface area is 134 Å². The number of benzene rings is 2. The summed E-state index contributed by atoms with van der Waals surface area (Å²) in [5, 5.41) is 11.2. The Hall–Kier alpha value is -2.20. The molecule has 114 valence electrons. The Bertz CT molecular complexity index is 696. The zero-order valence-corrected chi connectivity index (χ0v) is 13.2. The van der Waals surface area contributed by atoms with Crippen LogP contribution in [0.5, 0.6) is 0 Å². The van der Waals surface area contributed by atoms with Crippen molar-refractivity contribution in [3.05, 3.63) is 68.7 Å². The Morgan fingerprint density at radius 2 is 1.95 bits per heavy atom. The van der Waals surface area contributed by atoms with Crippen LogP contribution in [-0.2, 0) is 0 Å². The third kappa shape index (κ3) is 3.92. The molecule has 0 fully saturated rings. The van der Waals surface area contributed by atoms with Gasteiger partial charge in [0.15, 0.2) is 0 Å². The molecule has 0 amide bonds. The maximum Gasteiger partial charge on any atom is 0.270 e. The highest BCUT2D eigenvalue weighted by atomic mass is 35.5. The molecule has 2 aromatic rings. The van der Waals surface area contributed by atoms with Crippen molar-refractivity contribution in [2.75, 3.05) is 0 Å². The Balaban J connectivity index is 2.21. The van der Waals surface area contributed by atoms with Crippen LogP contribution in [0.3, 0.4) is 0 Å². The Morgan fingerprint density at radius 1 is 1.27 bits per heavy atom. The van der Waals surface area contributed by atoms with Crippen LogP contribution in [0.2, 0.25) is 5.02 Å². The smallest absolute Gasteiger partial charge is 0.258 e. The first kappa shape index (κ1) is 16.2. The summed E-state index contributed by atoms with van der Waals surface area (Å²) in [7, 11) is 0. The summed E-state index contributed by atoms with van der Waals surface area (Å²) in [5.41, 5.74) is 2.59. The summed E-state index contributed by atoms with van der Waals surface area (Å²) in [6.07, 6.45) is 2.64. The first-order valence-corrected chi connectivity index (χ1v) is 7.47. The van der Waals surface area contributed by atoms with Crippen molar-refractivity contribution in [1.82, 2.24) is 0 Å². The number of hydrogen-bond donors (Lipinski definition) is 0. The molecule has 5 heteroatoms. The highest BCUT2D eigenvalue weighted by Crippen LogP contribution is 2.23. The largest absolute Gasteiger partial charge is 0.270 e. The monoisotopic (exact) mass is 316 g/mol. The maximum atomic E-state index is 10.8. The minimum atomic E-state index is -0.450. The number of hydrogen-bond acceptors (Lipinski definition) is 3. The molecule has 0 radical (unpaired) electrons. The van der Waals surface area contributed by atoms with E-state index in [1.807, 2.05) is 12.1 Å². The van der Waals surface area contributed by atoms with E-state index in [2.05, 4.69) is 31.0 Å². The van der Waals surface area contributed by atoms with Gasteiger partial charge in [-0.2, -0.15) is 0 Å². The predicted molar refractivity (Wildman–Crippen MR) is 90.5 cm³/mol. The summed E-state index contributed by atoms with van der Waals surface area (Å²) in [6.45, 7) is 4.34. The lowest BCUT2D eigenvalue weighted by atomic mass is 9.99. The van der Waals surface area contributed by atoms with Gasteiger partial charge in [-0.15, -0.1) is 0 Å². The van der Waals surface area contributed by atoms with Gasteiger partial charge in [0.25, 0.3) is 5.69 Å². The molecule has 0 unspecified atom stereocenters. The SMILES string of the molecule is CC[C@@H](C)c1ccc(N=Cc2cc([N+](=O)[O-])ccc2Cl)cc1. The van der Waals surface area contributed by atoms with Crippen molar-refractivity contribution < 1.29 is 4.92 Å². The van der Waals surface area contributed by atoms with Crippen LogP contribution in [0.1, 0.15) is 37.3 Å². The van der Waals surface area contributed by atoms with E-state index >= 15 is 0 Å². The van der Waals surface area contributed by atoms with Crippen LogP contribution in [0, 0.1) is 10.1 Å². The summed E-state index contributed by atoms with van der Waals surface area (Å²) in [4.78, 5) is 14.7. The fourth-order valence-corrected chi connectivity index (χ4v) is 2.18. The fraction of sp³-hybridized carbons (Fsp3) is 0.235. The van der Waals surface area contributed by atoms with Gasteiger partial charge in [0, 0.05) is 28.9 Å². The lowest BCUT2D eigenvalue weighted by Gasteiger charge is -2.08. The van der Waals surface area contributed by atoms with Crippen LogP contribution in [0.4, 0.5) is 11.4 Å². The van der Waals surface area contributed by atoms with Crippen LogP contribution < -0.4 is 0 Å². The number of nitro benzene ring substituents is 1. The van der Waals surface area contributed by atoms with E-state index < -0.39 is 4.92 Å². The first-order chi connectivity index (χ1) is 10.5. The van der Waals surface area contributed by atoms with Crippen LogP contribution in [0.15, 0.2) is 47.5 Å². The molecule has 0 saturated heterocycles. The first-order valence-electron chi connectivity index (χ1n) is 7.09.